The summed E-state index contributed by atoms with van der Waals surface area (Å²) in [5, 5.41) is 11.4. The van der Waals surface area contributed by atoms with Crippen LogP contribution < -0.4 is 10.6 Å². The average molecular weight is 422 g/mol. The molecule has 0 atom stereocenters. The molecule has 0 unspecified atom stereocenters. The number of alkyl halides is 3. The van der Waals surface area contributed by atoms with Crippen molar-refractivity contribution in [2.24, 2.45) is 0 Å². The lowest BCUT2D eigenvalue weighted by Crippen LogP contribution is -2.35. The minimum absolute atomic E-state index is 0.0428. The third-order valence-corrected chi connectivity index (χ3v) is 3.83. The van der Waals surface area contributed by atoms with E-state index >= 15 is 0 Å². The van der Waals surface area contributed by atoms with Gasteiger partial charge in [0.05, 0.1) is 11.3 Å². The van der Waals surface area contributed by atoms with Crippen LogP contribution in [-0.4, -0.2) is 44.9 Å². The van der Waals surface area contributed by atoms with Gasteiger partial charge in [-0.1, -0.05) is 11.3 Å². The van der Waals surface area contributed by atoms with Crippen LogP contribution >= 0.6 is 0 Å². The first-order valence-corrected chi connectivity index (χ1v) is 8.52. The lowest BCUT2D eigenvalue weighted by molar-refractivity contribution is -0.143. The van der Waals surface area contributed by atoms with Crippen molar-refractivity contribution in [1.82, 2.24) is 30.6 Å². The van der Waals surface area contributed by atoms with Gasteiger partial charge >= 0.3 is 6.18 Å². The van der Waals surface area contributed by atoms with Gasteiger partial charge in [-0.25, -0.2) is 9.07 Å². The molecule has 0 aliphatic rings. The van der Waals surface area contributed by atoms with Crippen molar-refractivity contribution in [1.29, 1.82) is 0 Å². The molecule has 0 aliphatic carbocycles. The van der Waals surface area contributed by atoms with E-state index in [1.54, 1.807) is 6.07 Å². The molecular formula is C18H14F4N6O2. The molecule has 156 valence electrons. The largest absolute Gasteiger partial charge is 0.435 e. The highest BCUT2D eigenvalue weighted by atomic mass is 19.4. The summed E-state index contributed by atoms with van der Waals surface area (Å²) in [6.45, 7) is -0.201. The second-order valence-electron chi connectivity index (χ2n) is 5.93. The summed E-state index contributed by atoms with van der Waals surface area (Å²) in [5.41, 5.74) is -2.35. The lowest BCUT2D eigenvalue weighted by Gasteiger charge is -2.11. The number of halogens is 4. The van der Waals surface area contributed by atoms with Gasteiger partial charge in [-0.3, -0.25) is 14.6 Å². The quantitative estimate of drug-likeness (QED) is 0.467. The second-order valence-corrected chi connectivity index (χ2v) is 5.93. The highest BCUT2D eigenvalue weighted by Gasteiger charge is 2.42. The molecule has 2 N–H and O–H groups in total. The van der Waals surface area contributed by atoms with Gasteiger partial charge in [0.25, 0.3) is 11.8 Å². The van der Waals surface area contributed by atoms with Crippen LogP contribution in [0.25, 0.3) is 5.69 Å². The highest BCUT2D eigenvalue weighted by Crippen LogP contribution is 2.32. The van der Waals surface area contributed by atoms with Gasteiger partial charge in [-0.05, 0) is 30.3 Å². The Morgan fingerprint density at radius 1 is 1.03 bits per heavy atom. The number of carbonyl (C=O) groups is 2. The summed E-state index contributed by atoms with van der Waals surface area (Å²) in [6.07, 6.45) is -2.14. The monoisotopic (exact) mass is 422 g/mol. The number of amides is 2. The van der Waals surface area contributed by atoms with Crippen molar-refractivity contribution >= 4 is 11.8 Å². The first-order valence-electron chi connectivity index (χ1n) is 8.52. The van der Waals surface area contributed by atoms with E-state index in [2.05, 4.69) is 25.9 Å². The van der Waals surface area contributed by atoms with Gasteiger partial charge < -0.3 is 10.6 Å². The van der Waals surface area contributed by atoms with Gasteiger partial charge in [0.1, 0.15) is 5.82 Å². The topological polar surface area (TPSA) is 102 Å². The zero-order chi connectivity index (χ0) is 21.7. The van der Waals surface area contributed by atoms with Crippen LogP contribution in [0.4, 0.5) is 17.6 Å². The summed E-state index contributed by atoms with van der Waals surface area (Å²) in [7, 11) is 0. The first kappa shape index (κ1) is 20.9. The molecule has 30 heavy (non-hydrogen) atoms. The maximum Gasteiger partial charge on any atom is 0.435 e. The highest BCUT2D eigenvalue weighted by molar-refractivity contribution is 5.94. The SMILES string of the molecule is O=C(NCCNC(=O)c1nnn(-c2cccc(F)c2)c1C(F)(F)F)c1cccnc1. The molecule has 0 saturated carbocycles. The molecule has 1 aromatic carbocycles. The van der Waals surface area contributed by atoms with E-state index in [-0.39, 0.29) is 18.8 Å². The first-order chi connectivity index (χ1) is 14.3. The van der Waals surface area contributed by atoms with E-state index in [4.69, 9.17) is 0 Å². The molecule has 3 aromatic rings. The molecule has 2 aromatic heterocycles. The Balaban J connectivity index is 1.69. The number of benzene rings is 1. The number of hydrogen-bond acceptors (Lipinski definition) is 5. The summed E-state index contributed by atoms with van der Waals surface area (Å²) in [6, 6.07) is 7.39. The molecule has 2 heterocycles. The molecule has 0 radical (unpaired) electrons. The predicted molar refractivity (Wildman–Crippen MR) is 95.2 cm³/mol. The molecule has 8 nitrogen and oxygen atoms in total. The fourth-order valence-electron chi connectivity index (χ4n) is 2.51. The minimum atomic E-state index is -4.98. The van der Waals surface area contributed by atoms with E-state index in [9.17, 15) is 27.2 Å². The van der Waals surface area contributed by atoms with Gasteiger partial charge in [-0.15, -0.1) is 5.10 Å². The standard InChI is InChI=1S/C18H14F4N6O2/c19-12-4-1-5-13(9-12)28-15(18(20,21)22)14(26-27-28)17(30)25-8-7-24-16(29)11-3-2-6-23-10-11/h1-6,9-10H,7-8H2,(H,24,29)(H,25,30). The van der Waals surface area contributed by atoms with E-state index in [1.807, 2.05) is 0 Å². The molecule has 0 spiro atoms. The normalized spacial score (nSPS) is 11.2. The molecule has 0 bridgehead atoms. The summed E-state index contributed by atoms with van der Waals surface area (Å²) in [4.78, 5) is 27.9. The van der Waals surface area contributed by atoms with E-state index in [1.165, 1.54) is 30.6 Å². The molecule has 3 rings (SSSR count). The van der Waals surface area contributed by atoms with Gasteiger partial charge in [0.15, 0.2) is 11.4 Å². The molecule has 0 aliphatic heterocycles. The van der Waals surface area contributed by atoms with Crippen molar-refractivity contribution in [3.05, 3.63) is 71.6 Å². The van der Waals surface area contributed by atoms with E-state index < -0.39 is 35.2 Å². The number of pyridine rings is 1. The van der Waals surface area contributed by atoms with Crippen molar-refractivity contribution in [3.63, 3.8) is 0 Å². The van der Waals surface area contributed by atoms with E-state index in [0.29, 0.717) is 10.2 Å². The number of hydrogen-bond donors (Lipinski definition) is 2. The van der Waals surface area contributed by atoms with Gasteiger partial charge in [-0.2, -0.15) is 13.2 Å². The Hall–Kier alpha value is -3.83. The number of rotatable bonds is 6. The van der Waals surface area contributed by atoms with Crippen LogP contribution in [0.15, 0.2) is 48.8 Å². The van der Waals surface area contributed by atoms with Crippen LogP contribution in [0.1, 0.15) is 26.5 Å². The molecule has 2 amide bonds. The summed E-state index contributed by atoms with van der Waals surface area (Å²) >= 11 is 0. The van der Waals surface area contributed by atoms with Gasteiger partial charge in [0, 0.05) is 25.5 Å². The molecule has 0 fully saturated rings. The number of aromatic nitrogens is 4. The zero-order valence-corrected chi connectivity index (χ0v) is 15.2. The fraction of sp³-hybridized carbons (Fsp3) is 0.167. The van der Waals surface area contributed by atoms with Crippen LogP contribution in [0, 0.1) is 5.82 Å². The second kappa shape index (κ2) is 8.68. The summed E-state index contributed by atoms with van der Waals surface area (Å²) < 4.78 is 54.3. The molecular weight excluding hydrogens is 408 g/mol. The predicted octanol–water partition coefficient (Wildman–Crippen LogP) is 1.98. The van der Waals surface area contributed by atoms with Crippen LogP contribution in [0.2, 0.25) is 0 Å². The molecule has 12 heteroatoms. The number of nitrogens with one attached hydrogen (secondary N) is 2. The Morgan fingerprint density at radius 3 is 2.40 bits per heavy atom. The Morgan fingerprint density at radius 2 is 1.77 bits per heavy atom. The Kier molecular flexibility index (Phi) is 6.04. The maximum absolute atomic E-state index is 13.5. The lowest BCUT2D eigenvalue weighted by atomic mass is 10.2. The van der Waals surface area contributed by atoms with Crippen LogP contribution in [-0.2, 0) is 6.18 Å². The van der Waals surface area contributed by atoms with Crippen molar-refractivity contribution < 1.29 is 27.2 Å². The number of carbonyl (C=O) groups excluding carboxylic acids is 2. The number of nitrogens with zero attached hydrogens (tertiary/aromatic N) is 4. The molecule has 0 saturated heterocycles. The fourth-order valence-corrected chi connectivity index (χ4v) is 2.51. The summed E-state index contributed by atoms with van der Waals surface area (Å²) in [5.74, 6) is -2.36. The third-order valence-electron chi connectivity index (χ3n) is 3.83. The third kappa shape index (κ3) is 4.77. The Bertz CT molecular complexity index is 1050. The van der Waals surface area contributed by atoms with Crippen molar-refractivity contribution in [3.8, 4) is 5.69 Å². The van der Waals surface area contributed by atoms with Crippen LogP contribution in [0.3, 0.4) is 0 Å². The van der Waals surface area contributed by atoms with Crippen molar-refractivity contribution in [2.45, 2.75) is 6.18 Å². The average Bonchev–Trinajstić information content (AvgIpc) is 3.17. The van der Waals surface area contributed by atoms with E-state index in [0.717, 1.165) is 12.1 Å². The van der Waals surface area contributed by atoms with Crippen molar-refractivity contribution in [2.75, 3.05) is 13.1 Å². The zero-order valence-electron chi connectivity index (χ0n) is 15.2. The Labute approximate surface area is 166 Å². The smallest absolute Gasteiger partial charge is 0.350 e. The van der Waals surface area contributed by atoms with Gasteiger partial charge in [0.2, 0.25) is 0 Å². The maximum atomic E-state index is 13.5. The van der Waals surface area contributed by atoms with Crippen LogP contribution in [0.5, 0.6) is 0 Å². The minimum Gasteiger partial charge on any atom is -0.350 e.